The van der Waals surface area contributed by atoms with Crippen LogP contribution in [0.4, 0.5) is 13.2 Å². The number of carbonyl (C=O) groups is 1. The van der Waals surface area contributed by atoms with Crippen LogP contribution < -0.4 is 15.8 Å². The second-order valence-corrected chi connectivity index (χ2v) is 6.19. The van der Waals surface area contributed by atoms with Crippen LogP contribution >= 0.6 is 0 Å². The predicted molar refractivity (Wildman–Crippen MR) is 81.8 cm³/mol. The van der Waals surface area contributed by atoms with E-state index in [1.54, 1.807) is 13.0 Å². The summed E-state index contributed by atoms with van der Waals surface area (Å²) in [6.07, 6.45) is -2.76. The second kappa shape index (κ2) is 6.60. The van der Waals surface area contributed by atoms with Gasteiger partial charge < -0.3 is 20.9 Å². The highest BCUT2D eigenvalue weighted by Crippen LogP contribution is 2.32. The number of rotatable bonds is 6. The van der Waals surface area contributed by atoms with Gasteiger partial charge in [-0.1, -0.05) is 0 Å². The average Bonchev–Trinajstić information content (AvgIpc) is 3.29. The minimum Gasteiger partial charge on any atom is -0.490 e. The molecule has 1 amide bonds. The number of carbonyl (C=O) groups excluding carboxylic acids is 1. The molecule has 1 aliphatic rings. The first kappa shape index (κ1) is 18.5. The first-order valence-corrected chi connectivity index (χ1v) is 7.65. The summed E-state index contributed by atoms with van der Waals surface area (Å²) in [6.45, 7) is 1.77. The molecule has 0 heterocycles. The minimum atomic E-state index is -4.95. The van der Waals surface area contributed by atoms with Crippen molar-refractivity contribution in [3.05, 3.63) is 29.3 Å². The topological polar surface area (TPSA) is 84.6 Å². The predicted octanol–water partition coefficient (Wildman–Crippen LogP) is 1.91. The molecule has 2 rings (SSSR count). The molecule has 1 aliphatic carbocycles. The van der Waals surface area contributed by atoms with Crippen molar-refractivity contribution < 1.29 is 27.8 Å². The number of benzene rings is 1. The van der Waals surface area contributed by atoms with E-state index in [1.165, 1.54) is 12.1 Å². The molecular weight excluding hydrogens is 325 g/mol. The minimum absolute atomic E-state index is 0.185. The molecule has 0 bridgehead atoms. The summed E-state index contributed by atoms with van der Waals surface area (Å²) in [6, 6.07) is 3.03. The van der Waals surface area contributed by atoms with Crippen LogP contribution in [0.3, 0.4) is 0 Å². The van der Waals surface area contributed by atoms with Crippen molar-refractivity contribution in [2.24, 2.45) is 5.73 Å². The van der Waals surface area contributed by atoms with Crippen LogP contribution in [0.15, 0.2) is 18.2 Å². The van der Waals surface area contributed by atoms with Crippen LogP contribution in [0.1, 0.15) is 35.7 Å². The lowest BCUT2D eigenvalue weighted by Crippen LogP contribution is -2.62. The number of hydrogen-bond acceptors (Lipinski definition) is 4. The Balaban J connectivity index is 2.05. The van der Waals surface area contributed by atoms with Crippen LogP contribution in [0, 0.1) is 6.92 Å². The zero-order valence-corrected chi connectivity index (χ0v) is 13.5. The van der Waals surface area contributed by atoms with Crippen molar-refractivity contribution in [3.8, 4) is 5.75 Å². The number of aryl methyl sites for hydroxylation is 1. The normalized spacial score (nSPS) is 18.6. The van der Waals surface area contributed by atoms with Gasteiger partial charge in [0.05, 0.1) is 12.6 Å². The Hall–Kier alpha value is -1.80. The standard InChI is InChI=1S/C16H21F3N2O3/c1-9-7-11(3-6-13(9)24-12-4-5-12)14(22)21-8-15(23,10(2)20)16(17,18)19/h3,6-7,10,12,23H,4-5,8,20H2,1-2H3,(H,21,22)/t10?,15-/m1/s1. The Morgan fingerprint density at radius 1 is 1.46 bits per heavy atom. The summed E-state index contributed by atoms with van der Waals surface area (Å²) in [7, 11) is 0. The van der Waals surface area contributed by atoms with E-state index in [2.05, 4.69) is 5.32 Å². The van der Waals surface area contributed by atoms with E-state index in [9.17, 15) is 23.1 Å². The van der Waals surface area contributed by atoms with Gasteiger partial charge in [-0.05, 0) is 50.5 Å². The summed E-state index contributed by atoms with van der Waals surface area (Å²) < 4.78 is 44.5. The number of nitrogens with two attached hydrogens (primary N) is 1. The lowest BCUT2D eigenvalue weighted by atomic mass is 9.95. The molecule has 134 valence electrons. The lowest BCUT2D eigenvalue weighted by Gasteiger charge is -2.33. The highest BCUT2D eigenvalue weighted by molar-refractivity contribution is 5.94. The monoisotopic (exact) mass is 346 g/mol. The summed E-state index contributed by atoms with van der Waals surface area (Å²) in [5.41, 5.74) is 2.95. The molecule has 0 saturated heterocycles. The summed E-state index contributed by atoms with van der Waals surface area (Å²) in [5.74, 6) is -0.0733. The highest BCUT2D eigenvalue weighted by atomic mass is 19.4. The largest absolute Gasteiger partial charge is 0.490 e. The van der Waals surface area contributed by atoms with Crippen molar-refractivity contribution in [1.82, 2.24) is 5.32 Å². The van der Waals surface area contributed by atoms with Crippen molar-refractivity contribution in [1.29, 1.82) is 0 Å². The van der Waals surface area contributed by atoms with Gasteiger partial charge in [-0.25, -0.2) is 0 Å². The molecule has 1 fully saturated rings. The first-order chi connectivity index (χ1) is 11.0. The van der Waals surface area contributed by atoms with Gasteiger partial charge in [-0.2, -0.15) is 13.2 Å². The van der Waals surface area contributed by atoms with E-state index >= 15 is 0 Å². The number of aliphatic hydroxyl groups is 1. The summed E-state index contributed by atoms with van der Waals surface area (Å²) >= 11 is 0. The van der Waals surface area contributed by atoms with Crippen LogP contribution in [-0.2, 0) is 0 Å². The van der Waals surface area contributed by atoms with Gasteiger partial charge in [0.2, 0.25) is 0 Å². The first-order valence-electron chi connectivity index (χ1n) is 7.65. The molecule has 0 aliphatic heterocycles. The SMILES string of the molecule is Cc1cc(C(=O)NC[C@@](O)(C(C)N)C(F)(F)F)ccc1OC1CC1. The zero-order valence-electron chi connectivity index (χ0n) is 13.5. The number of alkyl halides is 3. The number of hydrogen-bond donors (Lipinski definition) is 3. The van der Waals surface area contributed by atoms with E-state index in [0.717, 1.165) is 19.8 Å². The molecule has 1 saturated carbocycles. The van der Waals surface area contributed by atoms with E-state index in [0.29, 0.717) is 11.3 Å². The van der Waals surface area contributed by atoms with Crippen molar-refractivity contribution >= 4 is 5.91 Å². The fourth-order valence-electron chi connectivity index (χ4n) is 2.12. The Morgan fingerprint density at radius 2 is 2.08 bits per heavy atom. The Morgan fingerprint density at radius 3 is 2.54 bits per heavy atom. The molecule has 2 atom stereocenters. The quantitative estimate of drug-likeness (QED) is 0.735. The number of nitrogens with one attached hydrogen (secondary N) is 1. The number of ether oxygens (including phenoxy) is 1. The van der Waals surface area contributed by atoms with E-state index < -0.39 is 30.3 Å². The van der Waals surface area contributed by atoms with Crippen LogP contribution in [0.25, 0.3) is 0 Å². The molecule has 1 aromatic carbocycles. The molecule has 0 spiro atoms. The number of halogens is 3. The fraction of sp³-hybridized carbons (Fsp3) is 0.562. The third-order valence-corrected chi connectivity index (χ3v) is 4.02. The van der Waals surface area contributed by atoms with Gasteiger partial charge in [-0.3, -0.25) is 4.79 Å². The maximum atomic E-state index is 13.0. The van der Waals surface area contributed by atoms with Gasteiger partial charge in [0, 0.05) is 11.6 Å². The molecule has 4 N–H and O–H groups in total. The highest BCUT2D eigenvalue weighted by Gasteiger charge is 2.56. The number of amides is 1. The van der Waals surface area contributed by atoms with E-state index in [4.69, 9.17) is 10.5 Å². The van der Waals surface area contributed by atoms with Crippen molar-refractivity contribution in [2.45, 2.75) is 50.6 Å². The third kappa shape index (κ3) is 3.99. The summed E-state index contributed by atoms with van der Waals surface area (Å²) in [4.78, 5) is 12.1. The third-order valence-electron chi connectivity index (χ3n) is 4.02. The lowest BCUT2D eigenvalue weighted by molar-refractivity contribution is -0.262. The van der Waals surface area contributed by atoms with Crippen LogP contribution in [-0.4, -0.2) is 41.5 Å². The maximum absolute atomic E-state index is 13.0. The molecule has 24 heavy (non-hydrogen) atoms. The Kier molecular flexibility index (Phi) is 5.10. The molecular formula is C16H21F3N2O3. The van der Waals surface area contributed by atoms with Gasteiger partial charge in [0.15, 0.2) is 5.60 Å². The average molecular weight is 346 g/mol. The fourth-order valence-corrected chi connectivity index (χ4v) is 2.12. The van der Waals surface area contributed by atoms with Gasteiger partial charge >= 0.3 is 6.18 Å². The van der Waals surface area contributed by atoms with E-state index in [-0.39, 0.29) is 11.7 Å². The van der Waals surface area contributed by atoms with E-state index in [1.807, 2.05) is 0 Å². The van der Waals surface area contributed by atoms with Crippen molar-refractivity contribution in [2.75, 3.05) is 6.54 Å². The second-order valence-electron chi connectivity index (χ2n) is 6.19. The maximum Gasteiger partial charge on any atom is 0.420 e. The van der Waals surface area contributed by atoms with Gasteiger partial charge in [0.1, 0.15) is 5.75 Å². The Bertz CT molecular complexity index is 615. The van der Waals surface area contributed by atoms with Crippen LogP contribution in [0.2, 0.25) is 0 Å². The summed E-state index contributed by atoms with van der Waals surface area (Å²) in [5, 5.41) is 11.8. The molecule has 1 unspecified atom stereocenters. The van der Waals surface area contributed by atoms with Crippen molar-refractivity contribution in [3.63, 3.8) is 0 Å². The molecule has 5 nitrogen and oxygen atoms in total. The van der Waals surface area contributed by atoms with Crippen LogP contribution in [0.5, 0.6) is 5.75 Å². The smallest absolute Gasteiger partial charge is 0.420 e. The molecule has 1 aromatic rings. The van der Waals surface area contributed by atoms with Gasteiger partial charge in [-0.15, -0.1) is 0 Å². The molecule has 8 heteroatoms. The molecule has 0 radical (unpaired) electrons. The van der Waals surface area contributed by atoms with Gasteiger partial charge in [0.25, 0.3) is 5.91 Å². The Labute approximate surface area is 138 Å². The zero-order chi connectivity index (χ0) is 18.1. The molecule has 0 aromatic heterocycles.